The Balaban J connectivity index is 1.64. The van der Waals surface area contributed by atoms with Crippen molar-refractivity contribution in [1.82, 2.24) is 14.9 Å². The van der Waals surface area contributed by atoms with Crippen LogP contribution in [0.15, 0.2) is 42.6 Å². The predicted molar refractivity (Wildman–Crippen MR) is 87.4 cm³/mol. The van der Waals surface area contributed by atoms with Crippen LogP contribution in [-0.4, -0.2) is 33.9 Å². The molecule has 1 aliphatic rings. The summed E-state index contributed by atoms with van der Waals surface area (Å²) in [7, 11) is 0. The first-order chi connectivity index (χ1) is 10.7. The molecule has 1 aromatic carbocycles. The van der Waals surface area contributed by atoms with E-state index in [1.807, 2.05) is 54.4 Å². The molecule has 1 fully saturated rings. The lowest BCUT2D eigenvalue weighted by molar-refractivity contribution is -0.127. The van der Waals surface area contributed by atoms with Crippen molar-refractivity contribution in [2.75, 3.05) is 13.1 Å². The van der Waals surface area contributed by atoms with Crippen molar-refractivity contribution in [3.05, 3.63) is 59.7 Å². The van der Waals surface area contributed by atoms with Crippen molar-refractivity contribution in [2.24, 2.45) is 0 Å². The van der Waals surface area contributed by atoms with Crippen LogP contribution >= 0.6 is 0 Å². The van der Waals surface area contributed by atoms with Crippen molar-refractivity contribution in [2.45, 2.75) is 25.7 Å². The second-order valence-corrected chi connectivity index (χ2v) is 5.82. The van der Waals surface area contributed by atoms with Gasteiger partial charge in [-0.3, -0.25) is 4.79 Å². The highest BCUT2D eigenvalue weighted by molar-refractivity contribution is 5.91. The Kier molecular flexibility index (Phi) is 4.37. The molecule has 4 nitrogen and oxygen atoms in total. The Bertz CT molecular complexity index is 660. The number of piperidine rings is 1. The zero-order valence-electron chi connectivity index (χ0n) is 12.8. The quantitative estimate of drug-likeness (QED) is 0.884. The number of nitrogens with zero attached hydrogens (tertiary/aromatic N) is 2. The number of amides is 1. The monoisotopic (exact) mass is 295 g/mol. The number of benzene rings is 1. The molecule has 1 saturated heterocycles. The molecule has 1 aromatic heterocycles. The van der Waals surface area contributed by atoms with Gasteiger partial charge in [-0.1, -0.05) is 30.3 Å². The number of carbonyl (C=O) groups is 1. The lowest BCUT2D eigenvalue weighted by Gasteiger charge is -2.31. The van der Waals surface area contributed by atoms with Gasteiger partial charge in [0.15, 0.2) is 0 Å². The maximum absolute atomic E-state index is 12.4. The van der Waals surface area contributed by atoms with Crippen molar-refractivity contribution < 1.29 is 4.79 Å². The summed E-state index contributed by atoms with van der Waals surface area (Å²) in [5.74, 6) is 1.40. The number of hydrogen-bond donors (Lipinski definition) is 1. The number of aromatic amines is 1. The van der Waals surface area contributed by atoms with Gasteiger partial charge in [-0.25, -0.2) is 4.98 Å². The Morgan fingerprint density at radius 3 is 2.91 bits per heavy atom. The molecule has 2 aromatic rings. The third-order valence-electron chi connectivity index (χ3n) is 4.06. The fourth-order valence-electron chi connectivity index (χ4n) is 2.88. The third kappa shape index (κ3) is 3.45. The first kappa shape index (κ1) is 14.6. The van der Waals surface area contributed by atoms with E-state index >= 15 is 0 Å². The minimum absolute atomic E-state index is 0.0804. The van der Waals surface area contributed by atoms with Gasteiger partial charge in [-0.05, 0) is 31.4 Å². The van der Waals surface area contributed by atoms with E-state index in [1.54, 1.807) is 6.08 Å². The van der Waals surface area contributed by atoms with Crippen LogP contribution in [0.1, 0.15) is 35.8 Å². The number of carbonyl (C=O) groups excluding carboxylic acids is 1. The Labute approximate surface area is 130 Å². The molecule has 0 aliphatic carbocycles. The van der Waals surface area contributed by atoms with E-state index < -0.39 is 0 Å². The molecule has 0 radical (unpaired) electrons. The van der Waals surface area contributed by atoms with Crippen molar-refractivity contribution in [3.63, 3.8) is 0 Å². The van der Waals surface area contributed by atoms with Crippen molar-refractivity contribution >= 4 is 12.0 Å². The maximum Gasteiger partial charge on any atom is 0.246 e. The molecule has 2 heterocycles. The van der Waals surface area contributed by atoms with Gasteiger partial charge in [0.2, 0.25) is 5.91 Å². The smallest absolute Gasteiger partial charge is 0.246 e. The summed E-state index contributed by atoms with van der Waals surface area (Å²) < 4.78 is 0. The Morgan fingerprint density at radius 1 is 1.36 bits per heavy atom. The van der Waals surface area contributed by atoms with Crippen LogP contribution in [0.2, 0.25) is 0 Å². The zero-order chi connectivity index (χ0) is 15.4. The van der Waals surface area contributed by atoms with Crippen LogP contribution in [0.3, 0.4) is 0 Å². The van der Waals surface area contributed by atoms with Crippen LogP contribution in [0.5, 0.6) is 0 Å². The first-order valence-corrected chi connectivity index (χ1v) is 7.76. The standard InChI is InChI=1S/C18H21N3O/c1-14-12-19-18(20-14)16-8-5-11-21(13-16)17(22)10-9-15-6-3-2-4-7-15/h2-4,6-7,9-10,12,16H,5,8,11,13H2,1H3,(H,19,20)/b10-9+. The summed E-state index contributed by atoms with van der Waals surface area (Å²) in [5, 5.41) is 0. The molecule has 1 N–H and O–H groups in total. The topological polar surface area (TPSA) is 49.0 Å². The predicted octanol–water partition coefficient (Wildman–Crippen LogP) is 3.14. The van der Waals surface area contributed by atoms with E-state index in [0.717, 1.165) is 43.0 Å². The van der Waals surface area contributed by atoms with Gasteiger partial charge in [-0.2, -0.15) is 0 Å². The molecule has 1 atom stereocenters. The Hall–Kier alpha value is -2.36. The number of rotatable bonds is 3. The number of aromatic nitrogens is 2. The molecule has 1 amide bonds. The lowest BCUT2D eigenvalue weighted by Crippen LogP contribution is -2.38. The molecule has 114 valence electrons. The molecule has 1 unspecified atom stereocenters. The Morgan fingerprint density at radius 2 is 2.18 bits per heavy atom. The summed E-state index contributed by atoms with van der Waals surface area (Å²) in [4.78, 5) is 22.0. The van der Waals surface area contributed by atoms with E-state index in [0.29, 0.717) is 5.92 Å². The molecule has 3 rings (SSSR count). The van der Waals surface area contributed by atoms with Crippen LogP contribution < -0.4 is 0 Å². The van der Waals surface area contributed by atoms with E-state index in [9.17, 15) is 4.79 Å². The fraction of sp³-hybridized carbons (Fsp3) is 0.333. The highest BCUT2D eigenvalue weighted by Crippen LogP contribution is 2.25. The second kappa shape index (κ2) is 6.60. The highest BCUT2D eigenvalue weighted by atomic mass is 16.2. The SMILES string of the molecule is Cc1cnc(C2CCCN(C(=O)/C=C/c3ccccc3)C2)[nH]1. The maximum atomic E-state index is 12.4. The summed E-state index contributed by atoms with van der Waals surface area (Å²) >= 11 is 0. The number of H-pyrrole nitrogens is 1. The average Bonchev–Trinajstić information content (AvgIpc) is 3.00. The minimum atomic E-state index is 0.0804. The van der Waals surface area contributed by atoms with E-state index in [2.05, 4.69) is 9.97 Å². The fourth-order valence-corrected chi connectivity index (χ4v) is 2.88. The molecule has 0 spiro atoms. The van der Waals surface area contributed by atoms with Gasteiger partial charge in [-0.15, -0.1) is 0 Å². The molecule has 0 saturated carbocycles. The summed E-state index contributed by atoms with van der Waals surface area (Å²) in [6.45, 7) is 3.57. The average molecular weight is 295 g/mol. The van der Waals surface area contributed by atoms with Gasteiger partial charge in [0.1, 0.15) is 5.82 Å². The zero-order valence-corrected chi connectivity index (χ0v) is 12.8. The van der Waals surface area contributed by atoms with E-state index in [4.69, 9.17) is 0 Å². The van der Waals surface area contributed by atoms with Crippen LogP contribution in [-0.2, 0) is 4.79 Å². The summed E-state index contributed by atoms with van der Waals surface area (Å²) in [6, 6.07) is 9.91. The van der Waals surface area contributed by atoms with Crippen molar-refractivity contribution in [1.29, 1.82) is 0 Å². The molecular formula is C18H21N3O. The van der Waals surface area contributed by atoms with Gasteiger partial charge < -0.3 is 9.88 Å². The number of imidazole rings is 1. The number of nitrogens with one attached hydrogen (secondary N) is 1. The number of hydrogen-bond acceptors (Lipinski definition) is 2. The first-order valence-electron chi connectivity index (χ1n) is 7.76. The molecule has 4 heteroatoms. The molecular weight excluding hydrogens is 274 g/mol. The third-order valence-corrected chi connectivity index (χ3v) is 4.06. The van der Waals surface area contributed by atoms with Gasteiger partial charge in [0.05, 0.1) is 0 Å². The second-order valence-electron chi connectivity index (χ2n) is 5.82. The normalized spacial score (nSPS) is 18.8. The van der Waals surface area contributed by atoms with E-state index in [-0.39, 0.29) is 5.91 Å². The molecule has 1 aliphatic heterocycles. The van der Waals surface area contributed by atoms with E-state index in [1.165, 1.54) is 0 Å². The highest BCUT2D eigenvalue weighted by Gasteiger charge is 2.25. The van der Waals surface area contributed by atoms with Crippen LogP contribution in [0.25, 0.3) is 6.08 Å². The summed E-state index contributed by atoms with van der Waals surface area (Å²) in [5.41, 5.74) is 2.12. The minimum Gasteiger partial charge on any atom is -0.346 e. The van der Waals surface area contributed by atoms with Crippen molar-refractivity contribution in [3.8, 4) is 0 Å². The number of likely N-dealkylation sites (tertiary alicyclic amines) is 1. The summed E-state index contributed by atoms with van der Waals surface area (Å²) in [6.07, 6.45) is 7.51. The van der Waals surface area contributed by atoms with Gasteiger partial charge in [0.25, 0.3) is 0 Å². The van der Waals surface area contributed by atoms with Gasteiger partial charge >= 0.3 is 0 Å². The molecule has 22 heavy (non-hydrogen) atoms. The van der Waals surface area contributed by atoms with Crippen LogP contribution in [0, 0.1) is 6.92 Å². The lowest BCUT2D eigenvalue weighted by atomic mass is 9.97. The largest absolute Gasteiger partial charge is 0.346 e. The van der Waals surface area contributed by atoms with Crippen LogP contribution in [0.4, 0.5) is 0 Å². The number of aryl methyl sites for hydroxylation is 1. The van der Waals surface area contributed by atoms with Gasteiger partial charge in [0, 0.05) is 37.0 Å². The molecule has 0 bridgehead atoms.